The Morgan fingerprint density at radius 1 is 1.06 bits per heavy atom. The van der Waals surface area contributed by atoms with Gasteiger partial charge in [-0.15, -0.1) is 0 Å². The second-order valence-electron chi connectivity index (χ2n) is 4.10. The third-order valence-electron chi connectivity index (χ3n) is 2.49. The Hall–Kier alpha value is -0.720. The molecule has 0 aromatic carbocycles. The van der Waals surface area contributed by atoms with Crippen molar-refractivity contribution >= 4 is 0 Å². The van der Waals surface area contributed by atoms with Gasteiger partial charge in [-0.3, -0.25) is 0 Å². The number of hydrogen-bond acceptors (Lipinski definition) is 1. The first-order chi connectivity index (χ1) is 7.95. The molecule has 0 spiro atoms. The van der Waals surface area contributed by atoms with Crippen LogP contribution in [0.5, 0.6) is 0 Å². The molecule has 1 nitrogen and oxygen atoms in total. The largest absolute Gasteiger partial charge is 0.426 e. The summed E-state index contributed by atoms with van der Waals surface area (Å²) in [4.78, 5) is 0. The van der Waals surface area contributed by atoms with Crippen molar-refractivity contribution in [3.05, 3.63) is 12.2 Å². The van der Waals surface area contributed by atoms with Crippen LogP contribution < -0.4 is 0 Å². The molecule has 0 amide bonds. The third kappa shape index (κ3) is 4.19. The van der Waals surface area contributed by atoms with Crippen LogP contribution in [0.2, 0.25) is 0 Å². The number of rotatable bonds is 5. The van der Waals surface area contributed by atoms with Crippen LogP contribution in [-0.4, -0.2) is 24.1 Å². The molecular formula is C11H16F6O. The van der Waals surface area contributed by atoms with Crippen molar-refractivity contribution in [1.29, 1.82) is 0 Å². The van der Waals surface area contributed by atoms with Crippen molar-refractivity contribution in [3.63, 3.8) is 0 Å². The molecule has 18 heavy (non-hydrogen) atoms. The monoisotopic (exact) mass is 278 g/mol. The van der Waals surface area contributed by atoms with Crippen LogP contribution in [0.3, 0.4) is 0 Å². The highest BCUT2D eigenvalue weighted by Crippen LogP contribution is 2.46. The zero-order chi connectivity index (χ0) is 14.6. The summed E-state index contributed by atoms with van der Waals surface area (Å²) < 4.78 is 79.2. The molecule has 0 aromatic rings. The summed E-state index contributed by atoms with van der Waals surface area (Å²) in [5, 5.41) is 0. The van der Waals surface area contributed by atoms with Gasteiger partial charge in [-0.05, 0) is 33.6 Å². The minimum atomic E-state index is -5.50. The van der Waals surface area contributed by atoms with Crippen molar-refractivity contribution in [2.24, 2.45) is 0 Å². The first kappa shape index (κ1) is 17.3. The Morgan fingerprint density at radius 2 is 1.50 bits per heavy atom. The maximum Gasteiger partial charge on any atom is 0.426 e. The molecule has 0 aliphatic heterocycles. The fraction of sp³-hybridized carbons (Fsp3) is 0.818. The van der Waals surface area contributed by atoms with Gasteiger partial charge < -0.3 is 4.74 Å². The molecule has 0 saturated heterocycles. The predicted molar refractivity (Wildman–Crippen MR) is 55.1 cm³/mol. The Labute approximate surface area is 102 Å². The van der Waals surface area contributed by atoms with Gasteiger partial charge in [0.1, 0.15) is 0 Å². The lowest BCUT2D eigenvalue weighted by Gasteiger charge is -2.36. The van der Waals surface area contributed by atoms with Gasteiger partial charge in [0.25, 0.3) is 5.60 Å². The molecule has 0 rings (SSSR count). The smallest absolute Gasteiger partial charge is 0.355 e. The second-order valence-corrected chi connectivity index (χ2v) is 4.10. The van der Waals surface area contributed by atoms with Crippen molar-refractivity contribution in [2.45, 2.75) is 57.7 Å². The number of alkyl halides is 6. The molecule has 0 saturated carbocycles. The van der Waals surface area contributed by atoms with E-state index in [1.165, 1.54) is 6.92 Å². The van der Waals surface area contributed by atoms with Gasteiger partial charge in [-0.25, -0.2) is 0 Å². The summed E-state index contributed by atoms with van der Waals surface area (Å²) in [5.74, 6) is 0. The highest BCUT2D eigenvalue weighted by Gasteiger charge is 2.69. The average molecular weight is 278 g/mol. The molecule has 0 aromatic heterocycles. The van der Waals surface area contributed by atoms with Crippen LogP contribution in [0.15, 0.2) is 12.2 Å². The minimum absolute atomic E-state index is 0.0131. The van der Waals surface area contributed by atoms with E-state index in [0.717, 1.165) is 0 Å². The molecule has 0 aliphatic carbocycles. The van der Waals surface area contributed by atoms with Crippen LogP contribution in [0, 0.1) is 0 Å². The minimum Gasteiger partial charge on any atom is -0.355 e. The molecule has 7 heteroatoms. The summed E-state index contributed by atoms with van der Waals surface area (Å²) in [6.07, 6.45) is -8.37. The topological polar surface area (TPSA) is 9.23 Å². The number of allylic oxidation sites excluding steroid dienone is 2. The predicted octanol–water partition coefficient (Wildman–Crippen LogP) is 4.63. The van der Waals surface area contributed by atoms with Crippen LogP contribution in [0.1, 0.15) is 33.6 Å². The van der Waals surface area contributed by atoms with Crippen LogP contribution >= 0.6 is 0 Å². The van der Waals surface area contributed by atoms with E-state index < -0.39 is 24.1 Å². The molecule has 0 bridgehead atoms. The molecule has 0 fully saturated rings. The van der Waals surface area contributed by atoms with Crippen molar-refractivity contribution in [3.8, 4) is 0 Å². The van der Waals surface area contributed by atoms with E-state index in [1.54, 1.807) is 19.1 Å². The lowest BCUT2D eigenvalue weighted by molar-refractivity contribution is -0.382. The third-order valence-corrected chi connectivity index (χ3v) is 2.49. The normalized spacial score (nSPS) is 16.3. The number of ether oxygens (including phenoxy) is 1. The first-order valence-electron chi connectivity index (χ1n) is 5.38. The molecule has 0 heterocycles. The number of halogens is 6. The first-order valence-corrected chi connectivity index (χ1v) is 5.38. The van der Waals surface area contributed by atoms with Crippen molar-refractivity contribution in [2.75, 3.05) is 0 Å². The maximum atomic E-state index is 12.5. The summed E-state index contributed by atoms with van der Waals surface area (Å²) in [7, 11) is 0. The maximum absolute atomic E-state index is 12.5. The van der Waals surface area contributed by atoms with E-state index in [1.807, 2.05) is 0 Å². The molecule has 1 unspecified atom stereocenters. The number of hydrogen-bond donors (Lipinski definition) is 0. The second kappa shape index (κ2) is 5.95. The van der Waals surface area contributed by atoms with Gasteiger partial charge in [-0.1, -0.05) is 12.2 Å². The van der Waals surface area contributed by atoms with E-state index in [9.17, 15) is 26.3 Å². The SMILES string of the molecule is CC=CCCC(C)OC(C)(C(F)(F)F)C(F)(F)F. The van der Waals surface area contributed by atoms with E-state index in [2.05, 4.69) is 4.74 Å². The van der Waals surface area contributed by atoms with Gasteiger partial charge in [0.05, 0.1) is 6.10 Å². The van der Waals surface area contributed by atoms with E-state index in [4.69, 9.17) is 0 Å². The fourth-order valence-electron chi connectivity index (χ4n) is 1.25. The Morgan fingerprint density at radius 3 is 1.83 bits per heavy atom. The van der Waals surface area contributed by atoms with Gasteiger partial charge in [-0.2, -0.15) is 26.3 Å². The average Bonchev–Trinajstić information content (AvgIpc) is 2.14. The van der Waals surface area contributed by atoms with E-state index >= 15 is 0 Å². The Kier molecular flexibility index (Phi) is 5.71. The van der Waals surface area contributed by atoms with Crippen molar-refractivity contribution in [1.82, 2.24) is 0 Å². The lowest BCUT2D eigenvalue weighted by atomic mass is 10.0. The molecule has 108 valence electrons. The zero-order valence-electron chi connectivity index (χ0n) is 10.3. The standard InChI is InChI=1S/C11H16F6O/c1-4-5-6-7-8(2)18-9(3,10(12,13)14)11(15,16)17/h4-5,8H,6-7H2,1-3H3. The molecule has 1 atom stereocenters. The highest BCUT2D eigenvalue weighted by molar-refractivity contribution is 4.92. The van der Waals surface area contributed by atoms with E-state index in [0.29, 0.717) is 6.42 Å². The molecule has 0 radical (unpaired) electrons. The van der Waals surface area contributed by atoms with Gasteiger partial charge in [0.2, 0.25) is 0 Å². The molecular weight excluding hydrogens is 262 g/mol. The fourth-order valence-corrected chi connectivity index (χ4v) is 1.25. The van der Waals surface area contributed by atoms with Gasteiger partial charge >= 0.3 is 12.4 Å². The van der Waals surface area contributed by atoms with E-state index in [-0.39, 0.29) is 13.3 Å². The summed E-state index contributed by atoms with van der Waals surface area (Å²) in [6, 6.07) is 0. The zero-order valence-corrected chi connectivity index (χ0v) is 10.3. The molecule has 0 aliphatic rings. The quantitative estimate of drug-likeness (QED) is 0.526. The highest BCUT2D eigenvalue weighted by atomic mass is 19.4. The van der Waals surface area contributed by atoms with Crippen LogP contribution in [-0.2, 0) is 4.74 Å². The van der Waals surface area contributed by atoms with Crippen molar-refractivity contribution < 1.29 is 31.1 Å². The lowest BCUT2D eigenvalue weighted by Crippen LogP contribution is -2.57. The van der Waals surface area contributed by atoms with Gasteiger partial charge in [0, 0.05) is 0 Å². The van der Waals surface area contributed by atoms with Crippen LogP contribution in [0.25, 0.3) is 0 Å². The Balaban J connectivity index is 4.83. The Bertz CT molecular complexity index is 264. The summed E-state index contributed by atoms with van der Waals surface area (Å²) in [6.45, 7) is 2.92. The summed E-state index contributed by atoms with van der Waals surface area (Å²) in [5.41, 5.74) is -4.13. The van der Waals surface area contributed by atoms with Gasteiger partial charge in [0.15, 0.2) is 0 Å². The molecule has 0 N–H and O–H groups in total. The van der Waals surface area contributed by atoms with Crippen LogP contribution in [0.4, 0.5) is 26.3 Å². The summed E-state index contributed by atoms with van der Waals surface area (Å²) >= 11 is 0.